The first kappa shape index (κ1) is 12.2. The molecule has 2 rings (SSSR count). The average Bonchev–Trinajstić information content (AvgIpc) is 2.61. The number of benzene rings is 1. The second-order valence-electron chi connectivity index (χ2n) is 3.87. The van der Waals surface area contributed by atoms with Crippen molar-refractivity contribution < 1.29 is 13.6 Å². The maximum absolute atomic E-state index is 13.4. The number of rotatable bonds is 3. The second-order valence-corrected chi connectivity index (χ2v) is 3.87. The van der Waals surface area contributed by atoms with E-state index in [1.807, 2.05) is 0 Å². The van der Waals surface area contributed by atoms with Crippen LogP contribution in [0.1, 0.15) is 10.4 Å². The zero-order valence-corrected chi connectivity index (χ0v) is 9.56. The number of hydrogen-bond acceptors (Lipinski definition) is 2. The molecule has 18 heavy (non-hydrogen) atoms. The molecule has 6 heteroatoms. The van der Waals surface area contributed by atoms with Crippen LogP contribution in [0.15, 0.2) is 35.4 Å². The van der Waals surface area contributed by atoms with Gasteiger partial charge in [0.1, 0.15) is 11.6 Å². The van der Waals surface area contributed by atoms with Gasteiger partial charge < -0.3 is 4.57 Å². The van der Waals surface area contributed by atoms with E-state index in [1.165, 1.54) is 17.0 Å². The third kappa shape index (κ3) is 2.22. The molecule has 1 heterocycles. The predicted octanol–water partition coefficient (Wildman–Crippen LogP) is 1.35. The fourth-order valence-electron chi connectivity index (χ4n) is 1.59. The zero-order valence-electron chi connectivity index (χ0n) is 9.56. The van der Waals surface area contributed by atoms with Crippen molar-refractivity contribution in [2.24, 2.45) is 7.05 Å². The summed E-state index contributed by atoms with van der Waals surface area (Å²) in [7, 11) is 1.54. The standard InChI is InChI=1S/C12H10F2N2O2/c1-15-4-5-16(12(15)18)7-11(17)9-3-2-8(13)6-10(9)14/h2-6H,7H2,1H3. The lowest BCUT2D eigenvalue weighted by Gasteiger charge is -2.03. The second kappa shape index (κ2) is 4.56. The molecule has 2 aromatic rings. The summed E-state index contributed by atoms with van der Waals surface area (Å²) in [4.78, 5) is 23.3. The van der Waals surface area contributed by atoms with Gasteiger partial charge in [-0.3, -0.25) is 9.36 Å². The summed E-state index contributed by atoms with van der Waals surface area (Å²) in [6, 6.07) is 2.71. The number of Topliss-reactive ketones (excluding diaryl/α,β-unsaturated/α-hetero) is 1. The molecule has 0 N–H and O–H groups in total. The van der Waals surface area contributed by atoms with E-state index in [9.17, 15) is 18.4 Å². The molecule has 0 aliphatic carbocycles. The molecular formula is C12H10F2N2O2. The molecule has 94 valence electrons. The van der Waals surface area contributed by atoms with Gasteiger partial charge in [0, 0.05) is 25.5 Å². The van der Waals surface area contributed by atoms with Crippen molar-refractivity contribution in [1.82, 2.24) is 9.13 Å². The Morgan fingerprint density at radius 1 is 1.28 bits per heavy atom. The minimum atomic E-state index is -0.927. The highest BCUT2D eigenvalue weighted by Gasteiger charge is 2.14. The summed E-state index contributed by atoms with van der Waals surface area (Å²) in [6.45, 7) is -0.276. The van der Waals surface area contributed by atoms with Gasteiger partial charge in [-0.15, -0.1) is 0 Å². The van der Waals surface area contributed by atoms with Crippen LogP contribution >= 0.6 is 0 Å². The van der Waals surface area contributed by atoms with E-state index in [1.54, 1.807) is 7.05 Å². The monoisotopic (exact) mass is 252 g/mol. The van der Waals surface area contributed by atoms with Gasteiger partial charge >= 0.3 is 5.69 Å². The number of imidazole rings is 1. The predicted molar refractivity (Wildman–Crippen MR) is 60.4 cm³/mol. The first-order valence-electron chi connectivity index (χ1n) is 5.19. The zero-order chi connectivity index (χ0) is 13.3. The van der Waals surface area contributed by atoms with Gasteiger partial charge in [0.05, 0.1) is 12.1 Å². The lowest BCUT2D eigenvalue weighted by molar-refractivity contribution is 0.0966. The van der Waals surface area contributed by atoms with Crippen LogP contribution in [0, 0.1) is 11.6 Å². The molecule has 0 unspecified atom stereocenters. The normalized spacial score (nSPS) is 10.6. The van der Waals surface area contributed by atoms with Gasteiger partial charge in [0.15, 0.2) is 5.78 Å². The Bertz CT molecular complexity index is 658. The van der Waals surface area contributed by atoms with Crippen molar-refractivity contribution in [3.63, 3.8) is 0 Å². The molecule has 0 saturated carbocycles. The van der Waals surface area contributed by atoms with Crippen molar-refractivity contribution in [3.8, 4) is 0 Å². The molecule has 0 bridgehead atoms. The molecule has 0 aliphatic heterocycles. The molecule has 1 aromatic heterocycles. The van der Waals surface area contributed by atoms with Crippen LogP contribution in [-0.4, -0.2) is 14.9 Å². The fourth-order valence-corrected chi connectivity index (χ4v) is 1.59. The topological polar surface area (TPSA) is 44.0 Å². The largest absolute Gasteiger partial charge is 0.328 e. The number of nitrogens with zero attached hydrogens (tertiary/aromatic N) is 2. The van der Waals surface area contributed by atoms with E-state index in [-0.39, 0.29) is 17.8 Å². The quantitative estimate of drug-likeness (QED) is 0.774. The number of hydrogen-bond donors (Lipinski definition) is 0. The molecule has 0 atom stereocenters. The first-order valence-corrected chi connectivity index (χ1v) is 5.19. The summed E-state index contributed by atoms with van der Waals surface area (Å²) >= 11 is 0. The van der Waals surface area contributed by atoms with E-state index in [4.69, 9.17) is 0 Å². The average molecular weight is 252 g/mol. The molecule has 0 amide bonds. The summed E-state index contributed by atoms with van der Waals surface area (Å²) in [5.41, 5.74) is -0.599. The van der Waals surface area contributed by atoms with E-state index < -0.39 is 17.4 Å². The SMILES string of the molecule is Cn1ccn(CC(=O)c2ccc(F)cc2F)c1=O. The van der Waals surface area contributed by atoms with Crippen LogP contribution in [0.3, 0.4) is 0 Å². The maximum atomic E-state index is 13.4. The highest BCUT2D eigenvalue weighted by atomic mass is 19.1. The Morgan fingerprint density at radius 2 is 2.00 bits per heavy atom. The molecule has 1 aromatic carbocycles. The number of aromatic nitrogens is 2. The van der Waals surface area contributed by atoms with Gasteiger partial charge in [0.2, 0.25) is 0 Å². The van der Waals surface area contributed by atoms with Crippen LogP contribution in [0.4, 0.5) is 8.78 Å². The first-order chi connectivity index (χ1) is 8.49. The number of carbonyl (C=O) groups excluding carboxylic acids is 1. The van der Waals surface area contributed by atoms with Crippen LogP contribution in [-0.2, 0) is 13.6 Å². The Labute approximate surface area is 101 Å². The Balaban J connectivity index is 2.27. The van der Waals surface area contributed by atoms with Crippen LogP contribution in [0.25, 0.3) is 0 Å². The fraction of sp³-hybridized carbons (Fsp3) is 0.167. The van der Waals surface area contributed by atoms with Crippen molar-refractivity contribution >= 4 is 5.78 Å². The molecule has 0 saturated heterocycles. The van der Waals surface area contributed by atoms with Gasteiger partial charge in [-0.25, -0.2) is 13.6 Å². The number of aryl methyl sites for hydroxylation is 1. The maximum Gasteiger partial charge on any atom is 0.328 e. The van der Waals surface area contributed by atoms with Gasteiger partial charge in [0.25, 0.3) is 0 Å². The Kier molecular flexibility index (Phi) is 3.10. The molecule has 4 nitrogen and oxygen atoms in total. The third-order valence-corrected chi connectivity index (χ3v) is 2.56. The van der Waals surface area contributed by atoms with Crippen molar-refractivity contribution in [2.45, 2.75) is 6.54 Å². The summed E-state index contributed by atoms with van der Waals surface area (Å²) in [5.74, 6) is -2.26. The Morgan fingerprint density at radius 3 is 2.56 bits per heavy atom. The molecule has 0 fully saturated rings. The third-order valence-electron chi connectivity index (χ3n) is 2.56. The van der Waals surface area contributed by atoms with Gasteiger partial charge in [-0.2, -0.15) is 0 Å². The lowest BCUT2D eigenvalue weighted by atomic mass is 10.1. The lowest BCUT2D eigenvalue weighted by Crippen LogP contribution is -2.25. The van der Waals surface area contributed by atoms with E-state index in [0.717, 1.165) is 16.7 Å². The van der Waals surface area contributed by atoms with Crippen molar-refractivity contribution in [3.05, 3.63) is 58.3 Å². The van der Waals surface area contributed by atoms with Crippen molar-refractivity contribution in [1.29, 1.82) is 0 Å². The summed E-state index contributed by atoms with van der Waals surface area (Å²) < 4.78 is 28.5. The van der Waals surface area contributed by atoms with Gasteiger partial charge in [-0.1, -0.05) is 0 Å². The van der Waals surface area contributed by atoms with E-state index >= 15 is 0 Å². The van der Waals surface area contributed by atoms with Crippen LogP contribution in [0.2, 0.25) is 0 Å². The van der Waals surface area contributed by atoms with Crippen LogP contribution in [0.5, 0.6) is 0 Å². The minimum absolute atomic E-state index is 0.229. The minimum Gasteiger partial charge on any atom is -0.302 e. The number of ketones is 1. The molecule has 0 aliphatic rings. The van der Waals surface area contributed by atoms with Crippen molar-refractivity contribution in [2.75, 3.05) is 0 Å². The summed E-state index contributed by atoms with van der Waals surface area (Å²) in [6.07, 6.45) is 2.93. The molecular weight excluding hydrogens is 242 g/mol. The number of carbonyl (C=O) groups is 1. The highest BCUT2D eigenvalue weighted by Crippen LogP contribution is 2.10. The highest BCUT2D eigenvalue weighted by molar-refractivity contribution is 5.96. The van der Waals surface area contributed by atoms with Crippen LogP contribution < -0.4 is 5.69 Å². The molecule has 0 spiro atoms. The van der Waals surface area contributed by atoms with E-state index in [0.29, 0.717) is 6.07 Å². The smallest absolute Gasteiger partial charge is 0.302 e. The number of halogens is 2. The van der Waals surface area contributed by atoms with Gasteiger partial charge in [-0.05, 0) is 12.1 Å². The summed E-state index contributed by atoms with van der Waals surface area (Å²) in [5, 5.41) is 0. The van der Waals surface area contributed by atoms with E-state index in [2.05, 4.69) is 0 Å². The Hall–Kier alpha value is -2.24. The molecule has 0 radical (unpaired) electrons.